The molecular weight excluding hydrogens is 280 g/mol. The van der Waals surface area contributed by atoms with Gasteiger partial charge in [-0.1, -0.05) is 6.92 Å². The highest BCUT2D eigenvalue weighted by molar-refractivity contribution is 8.00. The molecule has 0 spiro atoms. The Hall–Kier alpha value is -0.790. The van der Waals surface area contributed by atoms with Gasteiger partial charge in [0.05, 0.1) is 24.5 Å². The molecule has 114 valence electrons. The van der Waals surface area contributed by atoms with Crippen molar-refractivity contribution in [3.8, 4) is 0 Å². The van der Waals surface area contributed by atoms with E-state index in [1.807, 2.05) is 6.92 Å². The van der Waals surface area contributed by atoms with Crippen molar-refractivity contribution in [3.63, 3.8) is 0 Å². The van der Waals surface area contributed by atoms with Crippen molar-refractivity contribution in [1.29, 1.82) is 0 Å². The molecule has 0 aromatic heterocycles. The maximum absolute atomic E-state index is 12.7. The van der Waals surface area contributed by atoms with E-state index in [1.165, 1.54) is 16.7 Å². The number of rotatable bonds is 5. The highest BCUT2D eigenvalue weighted by Crippen LogP contribution is 2.31. The van der Waals surface area contributed by atoms with Crippen LogP contribution in [-0.4, -0.2) is 64.9 Å². The van der Waals surface area contributed by atoms with Crippen LogP contribution in [-0.2, 0) is 14.3 Å². The Morgan fingerprint density at radius 1 is 1.45 bits per heavy atom. The van der Waals surface area contributed by atoms with Crippen LogP contribution in [0.5, 0.6) is 0 Å². The van der Waals surface area contributed by atoms with Gasteiger partial charge in [-0.15, -0.1) is 11.8 Å². The summed E-state index contributed by atoms with van der Waals surface area (Å²) >= 11 is 1.51. The summed E-state index contributed by atoms with van der Waals surface area (Å²) in [5.74, 6) is -0.833. The summed E-state index contributed by atoms with van der Waals surface area (Å²) in [6.45, 7) is 5.68. The molecule has 6 nitrogen and oxygen atoms in total. The van der Waals surface area contributed by atoms with Gasteiger partial charge < -0.3 is 20.1 Å². The topological polar surface area (TPSA) is 78.9 Å². The molecule has 0 aromatic carbocycles. The number of nitrogens with one attached hydrogen (secondary N) is 1. The minimum absolute atomic E-state index is 0.00491. The van der Waals surface area contributed by atoms with Crippen molar-refractivity contribution in [3.05, 3.63) is 0 Å². The van der Waals surface area contributed by atoms with Gasteiger partial charge in [-0.25, -0.2) is 4.79 Å². The van der Waals surface area contributed by atoms with Gasteiger partial charge in [-0.3, -0.25) is 4.79 Å². The van der Waals surface area contributed by atoms with Gasteiger partial charge in [0.1, 0.15) is 6.04 Å². The standard InChI is InChI=1S/C13H22N2O4S/c1-3-4-14-10-6-19-5-9(10)12(16)15-8(2)20-7-11(15)13(17)18/h8-11,14H,3-7H2,1-2H3,(H,17,18). The molecule has 1 amide bonds. The first kappa shape index (κ1) is 15.6. The second-order valence-corrected chi connectivity index (χ2v) is 6.59. The maximum Gasteiger partial charge on any atom is 0.327 e. The third-order valence-electron chi connectivity index (χ3n) is 3.82. The lowest BCUT2D eigenvalue weighted by molar-refractivity contribution is -0.151. The van der Waals surface area contributed by atoms with Crippen molar-refractivity contribution >= 4 is 23.6 Å². The number of aliphatic carboxylic acids is 1. The van der Waals surface area contributed by atoms with Crippen LogP contribution < -0.4 is 5.32 Å². The fourth-order valence-electron chi connectivity index (χ4n) is 2.69. The second kappa shape index (κ2) is 6.78. The van der Waals surface area contributed by atoms with Gasteiger partial charge in [0.15, 0.2) is 0 Å². The zero-order valence-corrected chi connectivity index (χ0v) is 12.7. The SMILES string of the molecule is CCCNC1COCC1C(=O)N1C(C)SCC1C(=O)O. The molecule has 4 atom stereocenters. The molecule has 2 aliphatic heterocycles. The highest BCUT2D eigenvalue weighted by Gasteiger charge is 2.45. The minimum atomic E-state index is -0.924. The van der Waals surface area contributed by atoms with E-state index >= 15 is 0 Å². The third-order valence-corrected chi connectivity index (χ3v) is 5.03. The number of hydrogen-bond acceptors (Lipinski definition) is 5. The van der Waals surface area contributed by atoms with Crippen molar-refractivity contribution in [2.75, 3.05) is 25.5 Å². The van der Waals surface area contributed by atoms with Gasteiger partial charge in [0, 0.05) is 11.8 Å². The molecule has 0 aliphatic carbocycles. The molecule has 0 aromatic rings. The van der Waals surface area contributed by atoms with E-state index in [9.17, 15) is 14.7 Å². The average molecular weight is 302 g/mol. The van der Waals surface area contributed by atoms with Gasteiger partial charge >= 0.3 is 5.97 Å². The number of carbonyl (C=O) groups is 2. The highest BCUT2D eigenvalue weighted by atomic mass is 32.2. The first-order valence-corrected chi connectivity index (χ1v) is 8.08. The number of nitrogens with zero attached hydrogens (tertiary/aromatic N) is 1. The molecule has 2 aliphatic rings. The summed E-state index contributed by atoms with van der Waals surface area (Å²) in [7, 11) is 0. The van der Waals surface area contributed by atoms with Crippen molar-refractivity contribution < 1.29 is 19.4 Å². The Kier molecular flexibility index (Phi) is 5.29. The van der Waals surface area contributed by atoms with E-state index in [0.29, 0.717) is 19.0 Å². The number of carbonyl (C=O) groups excluding carboxylic acids is 1. The number of carboxylic acids is 1. The third kappa shape index (κ3) is 3.10. The predicted molar refractivity (Wildman–Crippen MR) is 76.6 cm³/mol. The van der Waals surface area contributed by atoms with E-state index in [1.54, 1.807) is 0 Å². The largest absolute Gasteiger partial charge is 0.480 e. The molecule has 0 radical (unpaired) electrons. The summed E-state index contributed by atoms with van der Waals surface area (Å²) in [5, 5.41) is 12.5. The Morgan fingerprint density at radius 3 is 2.85 bits per heavy atom. The fourth-order valence-corrected chi connectivity index (χ4v) is 3.86. The van der Waals surface area contributed by atoms with E-state index < -0.39 is 12.0 Å². The first-order chi connectivity index (χ1) is 9.56. The van der Waals surface area contributed by atoms with Crippen LogP contribution >= 0.6 is 11.8 Å². The van der Waals surface area contributed by atoms with Crippen LogP contribution in [0.4, 0.5) is 0 Å². The molecule has 2 rings (SSSR count). The number of carboxylic acid groups (broad SMARTS) is 1. The maximum atomic E-state index is 12.7. The lowest BCUT2D eigenvalue weighted by Crippen LogP contribution is -2.51. The Morgan fingerprint density at radius 2 is 2.20 bits per heavy atom. The predicted octanol–water partition coefficient (Wildman–Crippen LogP) is 0.376. The molecule has 2 N–H and O–H groups in total. The molecule has 0 saturated carbocycles. The number of hydrogen-bond donors (Lipinski definition) is 2. The van der Waals surface area contributed by atoms with Crippen LogP contribution in [0.3, 0.4) is 0 Å². The quantitative estimate of drug-likeness (QED) is 0.764. The molecule has 2 fully saturated rings. The molecule has 2 saturated heterocycles. The van der Waals surface area contributed by atoms with Crippen LogP contribution in [0, 0.1) is 5.92 Å². The van der Waals surface area contributed by atoms with Crippen molar-refractivity contribution in [2.24, 2.45) is 5.92 Å². The van der Waals surface area contributed by atoms with Crippen LogP contribution in [0.1, 0.15) is 20.3 Å². The summed E-state index contributed by atoms with van der Waals surface area (Å²) in [6, 6.07) is -0.718. The summed E-state index contributed by atoms with van der Waals surface area (Å²) in [6.07, 6.45) is 0.991. The molecule has 20 heavy (non-hydrogen) atoms. The second-order valence-electron chi connectivity index (χ2n) is 5.24. The van der Waals surface area contributed by atoms with Gasteiger partial charge in [-0.05, 0) is 19.9 Å². The monoisotopic (exact) mass is 302 g/mol. The minimum Gasteiger partial charge on any atom is -0.480 e. The van der Waals surface area contributed by atoms with E-state index in [4.69, 9.17) is 4.74 Å². The smallest absolute Gasteiger partial charge is 0.327 e. The van der Waals surface area contributed by atoms with E-state index in [-0.39, 0.29) is 23.2 Å². The lowest BCUT2D eigenvalue weighted by Gasteiger charge is -2.29. The van der Waals surface area contributed by atoms with Gasteiger partial charge in [-0.2, -0.15) is 0 Å². The first-order valence-electron chi connectivity index (χ1n) is 7.04. The fraction of sp³-hybridized carbons (Fsp3) is 0.846. The molecule has 2 heterocycles. The van der Waals surface area contributed by atoms with E-state index in [2.05, 4.69) is 12.2 Å². The Labute approximate surface area is 123 Å². The summed E-state index contributed by atoms with van der Waals surface area (Å²) < 4.78 is 5.41. The van der Waals surface area contributed by atoms with Gasteiger partial charge in [0.25, 0.3) is 0 Å². The van der Waals surface area contributed by atoms with Crippen LogP contribution in [0.15, 0.2) is 0 Å². The summed E-state index contributed by atoms with van der Waals surface area (Å²) in [4.78, 5) is 25.5. The van der Waals surface area contributed by atoms with Crippen molar-refractivity contribution in [2.45, 2.75) is 37.7 Å². The normalized spacial score (nSPS) is 33.6. The number of thioether (sulfide) groups is 1. The zero-order valence-electron chi connectivity index (χ0n) is 11.9. The Balaban J connectivity index is 2.06. The number of ether oxygens (including phenoxy) is 1. The lowest BCUT2D eigenvalue weighted by atomic mass is 10.0. The van der Waals surface area contributed by atoms with E-state index in [0.717, 1.165) is 13.0 Å². The van der Waals surface area contributed by atoms with Crippen LogP contribution in [0.2, 0.25) is 0 Å². The molecular formula is C13H22N2O4S. The summed E-state index contributed by atoms with van der Waals surface area (Å²) in [5.41, 5.74) is 0. The Bertz CT molecular complexity index is 379. The van der Waals surface area contributed by atoms with Gasteiger partial charge in [0.2, 0.25) is 5.91 Å². The van der Waals surface area contributed by atoms with Crippen molar-refractivity contribution in [1.82, 2.24) is 10.2 Å². The molecule has 0 bridgehead atoms. The number of amides is 1. The molecule has 7 heteroatoms. The zero-order chi connectivity index (χ0) is 14.7. The molecule has 4 unspecified atom stereocenters. The van der Waals surface area contributed by atoms with Crippen LogP contribution in [0.25, 0.3) is 0 Å². The average Bonchev–Trinajstić information content (AvgIpc) is 3.01.